The molecule has 0 unspecified atom stereocenters. The van der Waals surface area contributed by atoms with Crippen molar-refractivity contribution >= 4 is 23.8 Å². The molecule has 0 aliphatic heterocycles. The first-order valence-electron chi connectivity index (χ1n) is 7.56. The topological polar surface area (TPSA) is 108 Å². The van der Waals surface area contributed by atoms with E-state index in [9.17, 15) is 23.6 Å². The van der Waals surface area contributed by atoms with Crippen molar-refractivity contribution in [3.63, 3.8) is 0 Å². The molecule has 0 fully saturated rings. The van der Waals surface area contributed by atoms with Crippen molar-refractivity contribution in [3.05, 3.63) is 35.6 Å². The molecule has 0 radical (unpaired) electrons. The fourth-order valence-corrected chi connectivity index (χ4v) is 2.36. The largest absolute Gasteiger partial charge is 0.468 e. The number of carbonyl (C=O) groups is 4. The molecular weight excluding hydrogens is 349 g/mol. The standard InChI is InChI=1S/C17H20FNO7/c1-9(12(15(21)24-2)16(22)25-3)13(17(23)26-4)19-14(20)10-6-5-7-11(18)8-10/h5-9,12-13H,1-4H3,(H,19,20)/t9-,13-/m1/s1. The third kappa shape index (κ3) is 5.01. The molecule has 0 aromatic heterocycles. The van der Waals surface area contributed by atoms with Crippen LogP contribution in [0.1, 0.15) is 17.3 Å². The number of nitrogens with one attached hydrogen (secondary N) is 1. The van der Waals surface area contributed by atoms with Crippen molar-refractivity contribution in [1.29, 1.82) is 0 Å². The van der Waals surface area contributed by atoms with E-state index >= 15 is 0 Å². The summed E-state index contributed by atoms with van der Waals surface area (Å²) < 4.78 is 27.1. The minimum atomic E-state index is -1.47. The van der Waals surface area contributed by atoms with E-state index in [0.29, 0.717) is 0 Å². The predicted octanol–water partition coefficient (Wildman–Crippen LogP) is 0.695. The number of hydrogen-bond donors (Lipinski definition) is 1. The predicted molar refractivity (Wildman–Crippen MR) is 86.4 cm³/mol. The first kappa shape index (κ1) is 21.1. The Morgan fingerprint density at radius 2 is 1.50 bits per heavy atom. The van der Waals surface area contributed by atoms with Crippen molar-refractivity contribution in [2.24, 2.45) is 11.8 Å². The normalized spacial score (nSPS) is 12.7. The highest BCUT2D eigenvalue weighted by atomic mass is 19.1. The molecule has 8 nitrogen and oxygen atoms in total. The first-order valence-corrected chi connectivity index (χ1v) is 7.56. The lowest BCUT2D eigenvalue weighted by atomic mass is 9.87. The number of halogens is 1. The van der Waals surface area contributed by atoms with Gasteiger partial charge in [0.2, 0.25) is 0 Å². The summed E-state index contributed by atoms with van der Waals surface area (Å²) >= 11 is 0. The summed E-state index contributed by atoms with van der Waals surface area (Å²) in [4.78, 5) is 48.3. The molecule has 0 bridgehead atoms. The highest BCUT2D eigenvalue weighted by Gasteiger charge is 2.42. The molecule has 0 saturated carbocycles. The van der Waals surface area contributed by atoms with Crippen LogP contribution in [0.5, 0.6) is 0 Å². The second-order valence-corrected chi connectivity index (χ2v) is 5.37. The molecule has 2 atom stereocenters. The van der Waals surface area contributed by atoms with Gasteiger partial charge in [-0.2, -0.15) is 0 Å². The first-order chi connectivity index (χ1) is 12.3. The van der Waals surface area contributed by atoms with Gasteiger partial charge in [-0.3, -0.25) is 14.4 Å². The zero-order valence-electron chi connectivity index (χ0n) is 14.8. The summed E-state index contributed by atoms with van der Waals surface area (Å²) in [6, 6.07) is 3.43. The van der Waals surface area contributed by atoms with Gasteiger partial charge >= 0.3 is 17.9 Å². The smallest absolute Gasteiger partial charge is 0.328 e. The van der Waals surface area contributed by atoms with E-state index < -0.39 is 47.5 Å². The Balaban J connectivity index is 3.15. The molecule has 0 aliphatic carbocycles. The van der Waals surface area contributed by atoms with E-state index in [-0.39, 0.29) is 5.56 Å². The minimum Gasteiger partial charge on any atom is -0.468 e. The summed E-state index contributed by atoms with van der Waals surface area (Å²) in [5, 5.41) is 2.35. The van der Waals surface area contributed by atoms with Gasteiger partial charge in [-0.25, -0.2) is 9.18 Å². The van der Waals surface area contributed by atoms with Crippen molar-refractivity contribution in [3.8, 4) is 0 Å². The zero-order chi connectivity index (χ0) is 19.9. The van der Waals surface area contributed by atoms with Crippen LogP contribution in [0.15, 0.2) is 24.3 Å². The highest BCUT2D eigenvalue weighted by molar-refractivity contribution is 5.99. The average Bonchev–Trinajstić information content (AvgIpc) is 2.64. The number of esters is 3. The van der Waals surface area contributed by atoms with Crippen LogP contribution in [0, 0.1) is 17.7 Å². The van der Waals surface area contributed by atoms with Gasteiger partial charge in [-0.05, 0) is 18.2 Å². The van der Waals surface area contributed by atoms with Crippen LogP contribution in [-0.4, -0.2) is 51.2 Å². The molecule has 1 rings (SSSR count). The summed E-state index contributed by atoms with van der Waals surface area (Å²) in [6.45, 7) is 1.38. The van der Waals surface area contributed by atoms with Gasteiger partial charge in [0.1, 0.15) is 11.9 Å². The molecule has 0 aliphatic rings. The number of rotatable bonds is 7. The Kier molecular flexibility index (Phi) is 7.70. The third-order valence-electron chi connectivity index (χ3n) is 3.79. The molecule has 142 valence electrons. The van der Waals surface area contributed by atoms with Gasteiger partial charge < -0.3 is 19.5 Å². The van der Waals surface area contributed by atoms with E-state index in [2.05, 4.69) is 19.5 Å². The van der Waals surface area contributed by atoms with Crippen LogP contribution in [0.3, 0.4) is 0 Å². The maximum atomic E-state index is 13.3. The lowest BCUT2D eigenvalue weighted by Crippen LogP contribution is -2.51. The van der Waals surface area contributed by atoms with E-state index in [1.807, 2.05) is 0 Å². The van der Waals surface area contributed by atoms with Gasteiger partial charge in [0.05, 0.1) is 21.3 Å². The van der Waals surface area contributed by atoms with Crippen LogP contribution in [0.2, 0.25) is 0 Å². The molecule has 9 heteroatoms. The van der Waals surface area contributed by atoms with Crippen LogP contribution in [0.4, 0.5) is 4.39 Å². The second-order valence-electron chi connectivity index (χ2n) is 5.37. The molecule has 0 saturated heterocycles. The zero-order valence-corrected chi connectivity index (χ0v) is 14.8. The average molecular weight is 369 g/mol. The maximum Gasteiger partial charge on any atom is 0.328 e. The molecule has 0 heterocycles. The third-order valence-corrected chi connectivity index (χ3v) is 3.79. The van der Waals surface area contributed by atoms with Crippen LogP contribution < -0.4 is 5.32 Å². The van der Waals surface area contributed by atoms with E-state index in [1.54, 1.807) is 0 Å². The number of hydrogen-bond acceptors (Lipinski definition) is 7. The van der Waals surface area contributed by atoms with Gasteiger partial charge in [0, 0.05) is 11.5 Å². The van der Waals surface area contributed by atoms with Crippen molar-refractivity contribution < 1.29 is 37.8 Å². The van der Waals surface area contributed by atoms with Crippen molar-refractivity contribution in [2.45, 2.75) is 13.0 Å². The van der Waals surface area contributed by atoms with Crippen LogP contribution in [-0.2, 0) is 28.6 Å². The van der Waals surface area contributed by atoms with Gasteiger partial charge in [0.25, 0.3) is 5.91 Å². The van der Waals surface area contributed by atoms with Crippen LogP contribution >= 0.6 is 0 Å². The minimum absolute atomic E-state index is 0.0428. The fourth-order valence-electron chi connectivity index (χ4n) is 2.36. The summed E-state index contributed by atoms with van der Waals surface area (Å²) in [6.07, 6.45) is 0. The molecule has 0 spiro atoms. The maximum absolute atomic E-state index is 13.3. The number of amides is 1. The van der Waals surface area contributed by atoms with Crippen molar-refractivity contribution in [2.75, 3.05) is 21.3 Å². The molecule has 1 aromatic carbocycles. The number of benzene rings is 1. The SMILES string of the molecule is COC(=O)C(C(=O)OC)[C@@H](C)[C@@H](NC(=O)c1cccc(F)c1)C(=O)OC. The fraction of sp³-hybridized carbons (Fsp3) is 0.412. The lowest BCUT2D eigenvalue weighted by Gasteiger charge is -2.27. The quantitative estimate of drug-likeness (QED) is 0.428. The monoisotopic (exact) mass is 369 g/mol. The van der Waals surface area contributed by atoms with Crippen molar-refractivity contribution in [1.82, 2.24) is 5.32 Å². The molecule has 1 N–H and O–H groups in total. The Hall–Kier alpha value is -2.97. The number of carbonyl (C=O) groups excluding carboxylic acids is 4. The van der Waals surface area contributed by atoms with Gasteiger partial charge in [0.15, 0.2) is 5.92 Å². The number of methoxy groups -OCH3 is 3. The Morgan fingerprint density at radius 1 is 0.962 bits per heavy atom. The highest BCUT2D eigenvalue weighted by Crippen LogP contribution is 2.21. The Morgan fingerprint density at radius 3 is 1.96 bits per heavy atom. The van der Waals surface area contributed by atoms with E-state index in [0.717, 1.165) is 33.5 Å². The van der Waals surface area contributed by atoms with Gasteiger partial charge in [-0.15, -0.1) is 0 Å². The molecule has 1 aromatic rings. The second kappa shape index (κ2) is 9.50. The van der Waals surface area contributed by atoms with E-state index in [4.69, 9.17) is 0 Å². The Bertz CT molecular complexity index is 675. The van der Waals surface area contributed by atoms with Crippen LogP contribution in [0.25, 0.3) is 0 Å². The number of ether oxygens (including phenoxy) is 3. The molecule has 26 heavy (non-hydrogen) atoms. The Labute approximate surface area is 149 Å². The van der Waals surface area contributed by atoms with E-state index in [1.165, 1.54) is 19.1 Å². The van der Waals surface area contributed by atoms with Gasteiger partial charge in [-0.1, -0.05) is 13.0 Å². The molecule has 1 amide bonds. The summed E-state index contributed by atoms with van der Waals surface area (Å²) in [7, 11) is 3.23. The summed E-state index contributed by atoms with van der Waals surface area (Å²) in [5.41, 5.74) is -0.0428. The molecular formula is C17H20FNO7. The lowest BCUT2D eigenvalue weighted by molar-refractivity contribution is -0.162. The summed E-state index contributed by atoms with van der Waals surface area (Å²) in [5.74, 6) is -6.69.